The van der Waals surface area contributed by atoms with Crippen LogP contribution in [0.3, 0.4) is 0 Å². The van der Waals surface area contributed by atoms with E-state index in [1.54, 1.807) is 13.8 Å². The number of nitrogens with zero attached hydrogens (tertiary/aromatic N) is 1. The van der Waals surface area contributed by atoms with E-state index in [1.165, 1.54) is 42.6 Å². The molecule has 0 spiro atoms. The van der Waals surface area contributed by atoms with Gasteiger partial charge in [-0.15, -0.1) is 0 Å². The molecule has 0 amide bonds. The molecule has 4 rings (SSSR count). The molecule has 1 aromatic carbocycles. The molecule has 0 saturated heterocycles. The normalized spacial score (nSPS) is 13.3. The van der Waals surface area contributed by atoms with E-state index in [0.29, 0.717) is 5.56 Å². The van der Waals surface area contributed by atoms with E-state index >= 15 is 0 Å². The number of fused-ring (bicyclic) bond motifs is 2. The number of rotatable bonds is 6. The molecule has 0 fully saturated rings. The summed E-state index contributed by atoms with van der Waals surface area (Å²) < 4.78 is 43.9. The van der Waals surface area contributed by atoms with Crippen LogP contribution in [0.25, 0.3) is 11.3 Å². The van der Waals surface area contributed by atoms with Gasteiger partial charge >= 0.3 is 7.60 Å². The molecule has 0 atom stereocenters. The van der Waals surface area contributed by atoms with Crippen LogP contribution in [0.15, 0.2) is 47.0 Å². The van der Waals surface area contributed by atoms with Crippen LogP contribution in [0.5, 0.6) is 0 Å². The van der Waals surface area contributed by atoms with Gasteiger partial charge in [0.05, 0.1) is 24.3 Å². The van der Waals surface area contributed by atoms with E-state index in [1.807, 2.05) is 0 Å². The number of pyridine rings is 1. The molecule has 30 heavy (non-hydrogen) atoms. The van der Waals surface area contributed by atoms with Gasteiger partial charge < -0.3 is 13.5 Å². The third-order valence-electron chi connectivity index (χ3n) is 4.56. The van der Waals surface area contributed by atoms with Gasteiger partial charge in [0.1, 0.15) is 16.8 Å². The fraction of sp³-hybridized carbons (Fsp3) is 0.190. The number of hydrogen-bond donors (Lipinski definition) is 0. The summed E-state index contributed by atoms with van der Waals surface area (Å²) in [5.74, 6) is -2.01. The van der Waals surface area contributed by atoms with Crippen molar-refractivity contribution in [3.05, 3.63) is 71.0 Å². The zero-order valence-electron chi connectivity index (χ0n) is 16.2. The monoisotopic (exact) mass is 429 g/mol. The van der Waals surface area contributed by atoms with E-state index in [2.05, 4.69) is 4.98 Å². The van der Waals surface area contributed by atoms with Crippen molar-refractivity contribution in [1.82, 2.24) is 4.98 Å². The molecule has 3 aromatic rings. The molecular formula is C21H17FNO6P. The summed E-state index contributed by atoms with van der Waals surface area (Å²) in [6.45, 7) is 3.31. The maximum absolute atomic E-state index is 13.7. The highest BCUT2D eigenvalue weighted by Crippen LogP contribution is 2.52. The van der Waals surface area contributed by atoms with Gasteiger partial charge in [-0.3, -0.25) is 19.1 Å². The Morgan fingerprint density at radius 1 is 1.00 bits per heavy atom. The minimum Gasteiger partial charge on any atom is -0.451 e. The van der Waals surface area contributed by atoms with Crippen molar-refractivity contribution in [2.24, 2.45) is 0 Å². The minimum absolute atomic E-state index is 0.0281. The molecular weight excluding hydrogens is 412 g/mol. The van der Waals surface area contributed by atoms with Crippen molar-refractivity contribution >= 4 is 24.5 Å². The van der Waals surface area contributed by atoms with Gasteiger partial charge in [-0.2, -0.15) is 0 Å². The average molecular weight is 429 g/mol. The molecule has 2 heterocycles. The van der Waals surface area contributed by atoms with Gasteiger partial charge in [0.25, 0.3) is 0 Å². The number of aromatic nitrogens is 1. The van der Waals surface area contributed by atoms with Crippen LogP contribution in [0.2, 0.25) is 0 Å². The molecule has 1 aliphatic carbocycles. The maximum Gasteiger partial charge on any atom is 0.366 e. The van der Waals surface area contributed by atoms with E-state index in [-0.39, 0.29) is 46.9 Å². The fourth-order valence-electron chi connectivity index (χ4n) is 3.37. The highest BCUT2D eigenvalue weighted by molar-refractivity contribution is 7.62. The Morgan fingerprint density at radius 3 is 2.30 bits per heavy atom. The number of benzene rings is 1. The smallest absolute Gasteiger partial charge is 0.366 e. The second kappa shape index (κ2) is 7.72. The van der Waals surface area contributed by atoms with Gasteiger partial charge in [-0.05, 0) is 50.2 Å². The summed E-state index contributed by atoms with van der Waals surface area (Å²) in [5.41, 5.74) is 0.161. The predicted molar refractivity (Wildman–Crippen MR) is 106 cm³/mol. The fourth-order valence-corrected chi connectivity index (χ4v) is 5.28. The third-order valence-corrected chi connectivity index (χ3v) is 6.73. The number of halogens is 1. The lowest BCUT2D eigenvalue weighted by Gasteiger charge is -2.19. The molecule has 154 valence electrons. The van der Waals surface area contributed by atoms with Crippen LogP contribution in [0.4, 0.5) is 4.39 Å². The molecule has 0 saturated carbocycles. The van der Waals surface area contributed by atoms with Crippen molar-refractivity contribution in [3.8, 4) is 11.3 Å². The first-order valence-electron chi connectivity index (χ1n) is 9.28. The summed E-state index contributed by atoms with van der Waals surface area (Å²) in [7, 11) is -4.06. The first-order chi connectivity index (χ1) is 14.4. The Hall–Kier alpha value is -2.93. The van der Waals surface area contributed by atoms with Gasteiger partial charge in [0.2, 0.25) is 5.78 Å². The lowest BCUT2D eigenvalue weighted by molar-refractivity contribution is 0.0957. The molecule has 9 heteroatoms. The standard InChI is InChI=1S/C21H17FNO6P/c1-3-27-30(26,28-4-2)21-15-17(24)14-6-5-11-23-16(14)18(25)20(15)29-19(21)12-7-9-13(22)10-8-12/h5-11H,3-4H2,1-2H3. The second-order valence-electron chi connectivity index (χ2n) is 6.38. The highest BCUT2D eigenvalue weighted by atomic mass is 31.2. The number of carbonyl (C=O) groups is 2. The van der Waals surface area contributed by atoms with Crippen molar-refractivity contribution in [2.45, 2.75) is 13.8 Å². The summed E-state index contributed by atoms with van der Waals surface area (Å²) in [4.78, 5) is 30.3. The Balaban J connectivity index is 2.05. The van der Waals surface area contributed by atoms with Crippen LogP contribution in [-0.4, -0.2) is 29.8 Å². The Morgan fingerprint density at radius 2 is 1.67 bits per heavy atom. The molecule has 0 bridgehead atoms. The van der Waals surface area contributed by atoms with Gasteiger partial charge in [0, 0.05) is 11.8 Å². The topological polar surface area (TPSA) is 95.7 Å². The number of carbonyl (C=O) groups excluding carboxylic acids is 2. The summed E-state index contributed by atoms with van der Waals surface area (Å²) >= 11 is 0. The molecule has 0 N–H and O–H groups in total. The molecule has 1 aliphatic rings. The molecule has 2 aromatic heterocycles. The lowest BCUT2D eigenvalue weighted by Crippen LogP contribution is -2.26. The largest absolute Gasteiger partial charge is 0.451 e. The molecule has 0 radical (unpaired) electrons. The van der Waals surface area contributed by atoms with E-state index in [0.717, 1.165) is 0 Å². The Labute approximate surface area is 171 Å². The average Bonchev–Trinajstić information content (AvgIpc) is 3.15. The Kier molecular flexibility index (Phi) is 5.24. The SMILES string of the molecule is CCOP(=O)(OCC)c1c(-c2ccc(F)cc2)oc2c1C(=O)c1cccnc1C2=O. The zero-order valence-corrected chi connectivity index (χ0v) is 17.1. The number of ketones is 2. The van der Waals surface area contributed by atoms with Crippen molar-refractivity contribution in [1.29, 1.82) is 0 Å². The first kappa shape index (κ1) is 20.3. The third kappa shape index (κ3) is 3.13. The lowest BCUT2D eigenvalue weighted by atomic mass is 9.92. The van der Waals surface area contributed by atoms with Crippen LogP contribution in [-0.2, 0) is 13.6 Å². The van der Waals surface area contributed by atoms with Crippen molar-refractivity contribution in [2.75, 3.05) is 13.2 Å². The molecule has 7 nitrogen and oxygen atoms in total. The van der Waals surface area contributed by atoms with Crippen LogP contribution in [0.1, 0.15) is 46.0 Å². The van der Waals surface area contributed by atoms with E-state index in [9.17, 15) is 18.5 Å². The summed E-state index contributed by atoms with van der Waals surface area (Å²) in [6.07, 6.45) is 1.39. The van der Waals surface area contributed by atoms with Crippen molar-refractivity contribution < 1.29 is 32.0 Å². The molecule has 0 unspecified atom stereocenters. The van der Waals surface area contributed by atoms with Crippen LogP contribution >= 0.6 is 7.60 Å². The summed E-state index contributed by atoms with van der Waals surface area (Å²) in [6, 6.07) is 8.16. The van der Waals surface area contributed by atoms with Gasteiger partial charge in [0.15, 0.2) is 17.3 Å². The van der Waals surface area contributed by atoms with E-state index < -0.39 is 25.0 Å². The highest BCUT2D eigenvalue weighted by Gasteiger charge is 2.45. The summed E-state index contributed by atoms with van der Waals surface area (Å²) in [5, 5.41) is -0.138. The van der Waals surface area contributed by atoms with Crippen LogP contribution in [0, 0.1) is 5.82 Å². The molecule has 0 aliphatic heterocycles. The zero-order chi connectivity index (χ0) is 21.5. The number of hydrogen-bond acceptors (Lipinski definition) is 7. The second-order valence-corrected chi connectivity index (χ2v) is 8.34. The van der Waals surface area contributed by atoms with E-state index in [4.69, 9.17) is 13.5 Å². The Bertz CT molecular complexity index is 1190. The predicted octanol–water partition coefficient (Wildman–Crippen LogP) is 4.15. The van der Waals surface area contributed by atoms with Gasteiger partial charge in [-0.1, -0.05) is 0 Å². The quantitative estimate of drug-likeness (QED) is 0.425. The van der Waals surface area contributed by atoms with Crippen molar-refractivity contribution in [3.63, 3.8) is 0 Å². The minimum atomic E-state index is -4.06. The maximum atomic E-state index is 13.7. The van der Waals surface area contributed by atoms with Gasteiger partial charge in [-0.25, -0.2) is 4.39 Å². The number of furan rings is 1. The first-order valence-corrected chi connectivity index (χ1v) is 10.8. The van der Waals surface area contributed by atoms with Crippen LogP contribution < -0.4 is 5.30 Å².